The number of fused-ring (bicyclic) bond motifs is 30. The first-order valence-electron chi connectivity index (χ1n) is 35.0. The van der Waals surface area contributed by atoms with Crippen LogP contribution in [-0.4, -0.2) is 34.9 Å². The van der Waals surface area contributed by atoms with Gasteiger partial charge in [0.1, 0.15) is 5.82 Å². The Balaban J connectivity index is 0.0000000972. The van der Waals surface area contributed by atoms with Gasteiger partial charge in [0.05, 0.1) is 27.8 Å². The summed E-state index contributed by atoms with van der Waals surface area (Å²) in [7, 11) is 0. The Morgan fingerprint density at radius 2 is 0.577 bits per heavy atom. The van der Waals surface area contributed by atoms with Gasteiger partial charge in [-0.05, 0) is 142 Å². The molecule has 462 valence electrons. The van der Waals surface area contributed by atoms with Gasteiger partial charge in [-0.25, -0.2) is 15.0 Å². The van der Waals surface area contributed by atoms with Crippen LogP contribution in [0.5, 0.6) is 0 Å². The Morgan fingerprint density at radius 1 is 0.237 bits per heavy atom. The lowest BCUT2D eigenvalue weighted by Gasteiger charge is -2.10. The van der Waals surface area contributed by atoms with Crippen LogP contribution in [0.3, 0.4) is 0 Å². The Hall–Kier alpha value is -12.2. The van der Waals surface area contributed by atoms with E-state index < -0.39 is 0 Å². The second-order valence-corrected chi connectivity index (χ2v) is 24.5. The largest absolute Gasteiger partial charge is 0.264 e. The van der Waals surface area contributed by atoms with Crippen LogP contribution < -0.4 is 0 Å². The molecular formula is C90H67N7. The highest BCUT2D eigenvalue weighted by atomic mass is 14.9. The van der Waals surface area contributed by atoms with Crippen molar-refractivity contribution in [2.45, 2.75) is 47.4 Å². The van der Waals surface area contributed by atoms with Gasteiger partial charge in [0.2, 0.25) is 0 Å². The van der Waals surface area contributed by atoms with Gasteiger partial charge in [-0.2, -0.15) is 0 Å². The number of benzene rings is 15. The molecule has 7 heteroatoms. The van der Waals surface area contributed by atoms with Crippen LogP contribution in [0.1, 0.15) is 46.2 Å². The van der Waals surface area contributed by atoms with Gasteiger partial charge >= 0.3 is 0 Å². The Morgan fingerprint density at radius 3 is 1.04 bits per heavy atom. The highest BCUT2D eigenvalue weighted by molar-refractivity contribution is 6.28. The van der Waals surface area contributed by atoms with Gasteiger partial charge in [0.15, 0.2) is 0 Å². The van der Waals surface area contributed by atoms with E-state index in [0.717, 1.165) is 73.9 Å². The Kier molecular flexibility index (Phi) is 14.9. The average Bonchev–Trinajstić information content (AvgIpc) is 0.783. The Labute approximate surface area is 565 Å². The molecule has 0 N–H and O–H groups in total. The summed E-state index contributed by atoms with van der Waals surface area (Å²) in [4.78, 5) is 31.8. The quantitative estimate of drug-likeness (QED) is 0.159. The molecule has 0 bridgehead atoms. The fourth-order valence-electron chi connectivity index (χ4n) is 14.2. The van der Waals surface area contributed by atoms with Gasteiger partial charge in [0, 0.05) is 97.0 Å². The molecule has 0 atom stereocenters. The molecule has 0 aliphatic carbocycles. The molecule has 0 aliphatic heterocycles. The minimum Gasteiger partial charge on any atom is -0.264 e. The highest BCUT2D eigenvalue weighted by Gasteiger charge is 2.15. The van der Waals surface area contributed by atoms with E-state index in [1.165, 1.54) is 129 Å². The lowest BCUT2D eigenvalue weighted by Crippen LogP contribution is -1.94. The van der Waals surface area contributed by atoms with Crippen molar-refractivity contribution in [3.63, 3.8) is 0 Å². The first-order chi connectivity index (χ1) is 49.4. The number of pyridine rings is 3. The van der Waals surface area contributed by atoms with E-state index in [0.29, 0.717) is 20.7 Å². The van der Waals surface area contributed by atoms with Crippen LogP contribution >= 0.6 is 0 Å². The van der Waals surface area contributed by atoms with Crippen molar-refractivity contribution in [3.05, 3.63) is 320 Å². The summed E-state index contributed by atoms with van der Waals surface area (Å²) < 4.78 is 22.7. The molecule has 0 spiro atoms. The second kappa shape index (κ2) is 25.6. The summed E-state index contributed by atoms with van der Waals surface area (Å²) in [5.74, 6) is 0.901. The zero-order valence-corrected chi connectivity index (χ0v) is 53.9. The summed E-state index contributed by atoms with van der Waals surface area (Å²) >= 11 is 0. The molecule has 5 heterocycles. The summed E-state index contributed by atoms with van der Waals surface area (Å²) in [5.41, 5.74) is 8.29. The van der Waals surface area contributed by atoms with Gasteiger partial charge in [-0.15, -0.1) is 0 Å². The predicted molar refractivity (Wildman–Crippen MR) is 412 cm³/mol. The van der Waals surface area contributed by atoms with E-state index in [9.17, 15) is 0 Å². The van der Waals surface area contributed by atoms with Crippen LogP contribution in [0.25, 0.3) is 162 Å². The van der Waals surface area contributed by atoms with E-state index >= 15 is 0 Å². The monoisotopic (exact) mass is 1250 g/mol. The van der Waals surface area contributed by atoms with Crippen molar-refractivity contribution in [3.8, 4) is 0 Å². The molecule has 7 nitrogen and oxygen atoms in total. The zero-order chi connectivity index (χ0) is 67.6. The maximum absolute atomic E-state index is 7.58. The molecule has 97 heavy (non-hydrogen) atoms. The van der Waals surface area contributed by atoms with E-state index in [1.54, 1.807) is 0 Å². The fraction of sp³-hybridized carbons (Fsp3) is 0.0778. The van der Waals surface area contributed by atoms with Crippen LogP contribution in [0.2, 0.25) is 0 Å². The minimum atomic E-state index is 0.310. The fourth-order valence-corrected chi connectivity index (χ4v) is 14.2. The molecule has 15 aromatic carbocycles. The van der Waals surface area contributed by atoms with Crippen molar-refractivity contribution >= 4 is 162 Å². The molecule has 20 aromatic rings. The van der Waals surface area contributed by atoms with Crippen molar-refractivity contribution in [2.75, 3.05) is 0 Å². The topological polar surface area (TPSA) is 90.2 Å². The van der Waals surface area contributed by atoms with Crippen molar-refractivity contribution in [2.24, 2.45) is 0 Å². The lowest BCUT2D eigenvalue weighted by molar-refractivity contribution is 0.963. The number of hydrogen-bond donors (Lipinski definition) is 0. The Bertz CT molecular complexity index is 5460. The highest BCUT2D eigenvalue weighted by Crippen LogP contribution is 2.39. The van der Waals surface area contributed by atoms with Crippen molar-refractivity contribution in [1.82, 2.24) is 34.9 Å². The number of aromatic nitrogens is 7. The van der Waals surface area contributed by atoms with E-state index in [1.807, 2.05) is 67.6 Å². The first kappa shape index (κ1) is 56.4. The van der Waals surface area contributed by atoms with Gasteiger partial charge in [0.25, 0.3) is 0 Å². The number of nitrogens with zero attached hydrogens (tertiary/aromatic N) is 7. The summed E-state index contributed by atoms with van der Waals surface area (Å²) in [5, 5.41) is 31.6. The third-order valence-corrected chi connectivity index (χ3v) is 18.7. The smallest absolute Gasteiger partial charge is 0.128 e. The number of aryl methyl sites for hydroxylation is 5. The molecule has 0 fully saturated rings. The van der Waals surface area contributed by atoms with Crippen LogP contribution in [0.4, 0.5) is 0 Å². The molecular weight excluding hydrogens is 1180 g/mol. The van der Waals surface area contributed by atoms with E-state index in [4.69, 9.17) is 14.1 Å². The third-order valence-electron chi connectivity index (χ3n) is 18.7. The molecule has 20 rings (SSSR count). The maximum Gasteiger partial charge on any atom is 0.128 e. The molecule has 0 saturated heterocycles. The first-order valence-corrected chi connectivity index (χ1v) is 32.9. The van der Waals surface area contributed by atoms with Crippen molar-refractivity contribution < 1.29 is 4.11 Å². The summed E-state index contributed by atoms with van der Waals surface area (Å²) in [6, 6.07) is 86.3. The van der Waals surface area contributed by atoms with Crippen LogP contribution in [-0.2, 0) is 12.8 Å². The minimum absolute atomic E-state index is 0.310. The zero-order valence-electron chi connectivity index (χ0n) is 56.9. The molecule has 5 aromatic heterocycles. The van der Waals surface area contributed by atoms with Gasteiger partial charge in [-0.3, -0.25) is 19.9 Å². The van der Waals surface area contributed by atoms with Gasteiger partial charge < -0.3 is 0 Å². The molecule has 0 aliphatic rings. The number of rotatable bonds is 2. The standard InChI is InChI=1S/2C18H14N2.3C18H13N/c1-2-12-11-19-17-15-9-5-3-7-13(15)14-8-4-6-10-16(14)18(17)20-12;1-2-17-19-11-16-14-9-4-3-7-12(14)13-8-5-6-10-15(13)18(16)20-17;1-12-8-9-16-17(11-12)14-6-3-2-5-13(14)15-7-4-10-19-18(15)16;1-12-6-7-15-16-8-9-19-11-18(16)14-5-3-2-4-13(14)17(15)10-12;1-12-6-7-15-17(10-12)14-5-3-2-4-13(14)16-8-9-19-11-18(15)16/h2*3-11H,2H2,1H3;3*2-11H,1H3/i;;3*1D. The predicted octanol–water partition coefficient (Wildman–Crippen LogP) is 23.5. The van der Waals surface area contributed by atoms with E-state index in [2.05, 4.69) is 263 Å². The molecule has 0 unspecified atom stereocenters. The second-order valence-electron chi connectivity index (χ2n) is 24.5. The van der Waals surface area contributed by atoms with Crippen LogP contribution in [0.15, 0.2) is 292 Å². The summed E-state index contributed by atoms with van der Waals surface area (Å²) in [6.07, 6.45) is 15.0. The van der Waals surface area contributed by atoms with E-state index in [-0.39, 0.29) is 0 Å². The molecule has 0 amide bonds. The van der Waals surface area contributed by atoms with Crippen molar-refractivity contribution in [1.29, 1.82) is 0 Å². The SMILES string of the molecule is CCc1cnc2c3ccccc3c3ccccc3c2n1.CCc1ncc2c3ccccc3c3ccccc3c2n1.[2H]Cc1ccc2c(c1)c1ccccc1c1cccnc12.[2H]Cc1ccc2c3ccncc3c3ccccc3c2c1.[2H]Cc1ccc2c3cnccc3c3ccccc3c2c1. The molecule has 0 radical (unpaired) electrons. The lowest BCUT2D eigenvalue weighted by atomic mass is 9.94. The maximum atomic E-state index is 7.58. The van der Waals surface area contributed by atoms with Crippen LogP contribution in [0, 0.1) is 20.7 Å². The third kappa shape index (κ3) is 10.9. The number of hydrogen-bond acceptors (Lipinski definition) is 7. The van der Waals surface area contributed by atoms with Gasteiger partial charge in [-0.1, -0.05) is 261 Å². The normalized spacial score (nSPS) is 11.8. The summed E-state index contributed by atoms with van der Waals surface area (Å²) in [6.45, 7) is 5.14. The average molecular weight is 1250 g/mol. The molecule has 0 saturated carbocycles.